The third kappa shape index (κ3) is 5.75. The second-order valence-electron chi connectivity index (χ2n) is 7.99. The van der Waals surface area contributed by atoms with E-state index in [0.717, 1.165) is 61.2 Å². The molecule has 32 heavy (non-hydrogen) atoms. The summed E-state index contributed by atoms with van der Waals surface area (Å²) < 4.78 is 5.23. The average molecular weight is 455 g/mol. The second kappa shape index (κ2) is 10.7. The van der Waals surface area contributed by atoms with Crippen LogP contribution in [0.1, 0.15) is 23.2 Å². The van der Waals surface area contributed by atoms with Crippen LogP contribution in [0.4, 0.5) is 11.4 Å². The highest BCUT2D eigenvalue weighted by molar-refractivity contribution is 7.99. The first-order valence-corrected chi connectivity index (χ1v) is 12.1. The summed E-state index contributed by atoms with van der Waals surface area (Å²) in [4.78, 5) is 30.2. The number of rotatable bonds is 7. The van der Waals surface area contributed by atoms with Gasteiger partial charge in [-0.3, -0.25) is 14.5 Å². The van der Waals surface area contributed by atoms with Crippen molar-refractivity contribution in [3.8, 4) is 5.75 Å². The molecule has 1 fully saturated rings. The Kier molecular flexibility index (Phi) is 7.55. The van der Waals surface area contributed by atoms with E-state index < -0.39 is 0 Å². The van der Waals surface area contributed by atoms with Crippen LogP contribution in [0.3, 0.4) is 0 Å². The molecule has 0 aromatic heterocycles. The van der Waals surface area contributed by atoms with E-state index in [-0.39, 0.29) is 11.8 Å². The van der Waals surface area contributed by atoms with Gasteiger partial charge in [0, 0.05) is 61.0 Å². The minimum atomic E-state index is -0.0966. The fourth-order valence-electron chi connectivity index (χ4n) is 3.99. The van der Waals surface area contributed by atoms with Gasteiger partial charge in [0.1, 0.15) is 5.75 Å². The normalized spacial score (nSPS) is 16.7. The van der Waals surface area contributed by atoms with E-state index in [9.17, 15) is 9.59 Å². The fraction of sp³-hybridized carbons (Fsp3) is 0.417. The van der Waals surface area contributed by atoms with Gasteiger partial charge in [0.05, 0.1) is 12.8 Å². The summed E-state index contributed by atoms with van der Waals surface area (Å²) in [7, 11) is 1.68. The van der Waals surface area contributed by atoms with Crippen LogP contribution in [-0.2, 0) is 4.79 Å². The summed E-state index contributed by atoms with van der Waals surface area (Å²) in [5, 5.41) is 5.90. The maximum Gasteiger partial charge on any atom is 0.251 e. The first-order chi connectivity index (χ1) is 15.6. The van der Waals surface area contributed by atoms with Crippen molar-refractivity contribution in [3.05, 3.63) is 48.0 Å². The molecule has 0 radical (unpaired) electrons. The largest absolute Gasteiger partial charge is 0.497 e. The lowest BCUT2D eigenvalue weighted by Gasteiger charge is -2.36. The molecule has 2 aromatic rings. The number of hydrogen-bond acceptors (Lipinski definition) is 6. The topological polar surface area (TPSA) is 73.9 Å². The van der Waals surface area contributed by atoms with Gasteiger partial charge in [-0.05, 0) is 55.4 Å². The maximum absolute atomic E-state index is 12.5. The molecule has 2 aliphatic rings. The van der Waals surface area contributed by atoms with E-state index in [2.05, 4.69) is 32.6 Å². The smallest absolute Gasteiger partial charge is 0.251 e. The summed E-state index contributed by atoms with van der Waals surface area (Å²) in [5.74, 6) is 1.55. The van der Waals surface area contributed by atoms with Crippen LogP contribution >= 0.6 is 11.8 Å². The number of anilines is 2. The molecule has 0 unspecified atom stereocenters. The Morgan fingerprint density at radius 2 is 1.91 bits per heavy atom. The van der Waals surface area contributed by atoms with Crippen LogP contribution in [-0.4, -0.2) is 68.8 Å². The monoisotopic (exact) mass is 454 g/mol. The van der Waals surface area contributed by atoms with Crippen molar-refractivity contribution >= 4 is 35.0 Å². The van der Waals surface area contributed by atoms with Gasteiger partial charge >= 0.3 is 0 Å². The molecule has 0 bridgehead atoms. The highest BCUT2D eigenvalue weighted by atomic mass is 32.2. The van der Waals surface area contributed by atoms with Crippen molar-refractivity contribution in [1.29, 1.82) is 0 Å². The number of nitrogens with one attached hydrogen (secondary N) is 2. The van der Waals surface area contributed by atoms with E-state index in [4.69, 9.17) is 4.74 Å². The van der Waals surface area contributed by atoms with Gasteiger partial charge in [-0.25, -0.2) is 0 Å². The minimum absolute atomic E-state index is 0.000830. The van der Waals surface area contributed by atoms with Crippen molar-refractivity contribution in [2.45, 2.75) is 17.7 Å². The molecule has 0 atom stereocenters. The Morgan fingerprint density at radius 3 is 2.66 bits per heavy atom. The Hall–Kier alpha value is -2.71. The number of nitrogens with zero attached hydrogens (tertiary/aromatic N) is 2. The number of carbonyl (C=O) groups excluding carboxylic acids is 2. The van der Waals surface area contributed by atoms with Crippen molar-refractivity contribution < 1.29 is 14.3 Å². The Balaban J connectivity index is 1.18. The number of thioether (sulfide) groups is 1. The summed E-state index contributed by atoms with van der Waals surface area (Å²) in [6.45, 7) is 5.63. The summed E-state index contributed by atoms with van der Waals surface area (Å²) in [6.07, 6.45) is 1.40. The van der Waals surface area contributed by atoms with Crippen LogP contribution in [0.15, 0.2) is 47.4 Å². The summed E-state index contributed by atoms with van der Waals surface area (Å²) >= 11 is 1.64. The molecular weight excluding hydrogens is 424 g/mol. The highest BCUT2D eigenvalue weighted by Gasteiger charge is 2.18. The lowest BCUT2D eigenvalue weighted by molar-refractivity contribution is -0.115. The number of benzene rings is 2. The van der Waals surface area contributed by atoms with Gasteiger partial charge in [-0.15, -0.1) is 11.8 Å². The highest BCUT2D eigenvalue weighted by Crippen LogP contribution is 2.31. The number of fused-ring (bicyclic) bond motifs is 1. The number of hydrogen-bond donors (Lipinski definition) is 2. The molecule has 2 N–H and O–H groups in total. The van der Waals surface area contributed by atoms with Gasteiger partial charge in [0.25, 0.3) is 5.91 Å². The molecule has 2 heterocycles. The second-order valence-corrected chi connectivity index (χ2v) is 9.13. The predicted molar refractivity (Wildman–Crippen MR) is 129 cm³/mol. The standard InChI is InChI=1S/C24H30N4O3S/c1-31-20-6-4-19(5-7-20)28-14-12-27(13-15-28)11-2-10-25-24(30)18-3-8-22-21(17-18)26-23(29)9-16-32-22/h3-8,17H,2,9-16H2,1H3,(H,25,30)(H,26,29). The molecule has 7 nitrogen and oxygen atoms in total. The van der Waals surface area contributed by atoms with Crippen LogP contribution < -0.4 is 20.3 Å². The molecule has 2 aliphatic heterocycles. The lowest BCUT2D eigenvalue weighted by Crippen LogP contribution is -2.47. The third-order valence-electron chi connectivity index (χ3n) is 5.85. The maximum atomic E-state index is 12.5. The molecule has 4 rings (SSSR count). The van der Waals surface area contributed by atoms with Crippen LogP contribution in [0.2, 0.25) is 0 Å². The number of methoxy groups -OCH3 is 1. The molecular formula is C24H30N4O3S. The Morgan fingerprint density at radius 1 is 1.12 bits per heavy atom. The summed E-state index contributed by atoms with van der Waals surface area (Å²) in [5.41, 5.74) is 2.55. The van der Waals surface area contributed by atoms with Gasteiger partial charge in [-0.2, -0.15) is 0 Å². The number of amides is 2. The van der Waals surface area contributed by atoms with Gasteiger partial charge in [0.2, 0.25) is 5.91 Å². The van der Waals surface area contributed by atoms with Crippen molar-refractivity contribution in [3.63, 3.8) is 0 Å². The molecule has 2 amide bonds. The predicted octanol–water partition coefficient (Wildman–Crippen LogP) is 3.07. The van der Waals surface area contributed by atoms with E-state index in [1.165, 1.54) is 5.69 Å². The molecule has 2 aromatic carbocycles. The van der Waals surface area contributed by atoms with Crippen LogP contribution in [0.25, 0.3) is 0 Å². The Bertz CT molecular complexity index is 943. The lowest BCUT2D eigenvalue weighted by atomic mass is 10.1. The van der Waals surface area contributed by atoms with Gasteiger partial charge < -0.3 is 20.3 Å². The number of piperazine rings is 1. The zero-order valence-corrected chi connectivity index (χ0v) is 19.2. The van der Waals surface area contributed by atoms with Crippen molar-refractivity contribution in [2.24, 2.45) is 0 Å². The molecule has 170 valence electrons. The quantitative estimate of drug-likeness (QED) is 0.627. The van der Waals surface area contributed by atoms with Crippen LogP contribution in [0, 0.1) is 0 Å². The van der Waals surface area contributed by atoms with E-state index in [0.29, 0.717) is 18.5 Å². The number of ether oxygens (including phenoxy) is 1. The zero-order chi connectivity index (χ0) is 22.3. The average Bonchev–Trinajstić information content (AvgIpc) is 3.02. The van der Waals surface area contributed by atoms with E-state index in [1.807, 2.05) is 24.3 Å². The fourth-order valence-corrected chi connectivity index (χ4v) is 4.93. The number of carbonyl (C=O) groups is 2. The first-order valence-electron chi connectivity index (χ1n) is 11.1. The zero-order valence-electron chi connectivity index (χ0n) is 18.4. The third-order valence-corrected chi connectivity index (χ3v) is 6.92. The Labute approximate surface area is 193 Å². The SMILES string of the molecule is COc1ccc(N2CCN(CCCNC(=O)c3ccc4c(c3)NC(=O)CCS4)CC2)cc1. The van der Waals surface area contributed by atoms with Crippen LogP contribution in [0.5, 0.6) is 5.75 Å². The molecule has 1 saturated heterocycles. The van der Waals surface area contributed by atoms with E-state index >= 15 is 0 Å². The van der Waals surface area contributed by atoms with Gasteiger partial charge in [0.15, 0.2) is 0 Å². The van der Waals surface area contributed by atoms with Crippen molar-refractivity contribution in [1.82, 2.24) is 10.2 Å². The minimum Gasteiger partial charge on any atom is -0.497 e. The molecule has 0 spiro atoms. The molecule has 0 aliphatic carbocycles. The van der Waals surface area contributed by atoms with Gasteiger partial charge in [-0.1, -0.05) is 0 Å². The first kappa shape index (κ1) is 22.5. The summed E-state index contributed by atoms with van der Waals surface area (Å²) in [6, 6.07) is 13.7. The molecule has 0 saturated carbocycles. The van der Waals surface area contributed by atoms with Crippen molar-refractivity contribution in [2.75, 3.05) is 62.3 Å². The van der Waals surface area contributed by atoms with E-state index in [1.54, 1.807) is 24.9 Å². The molecule has 8 heteroatoms.